The van der Waals surface area contributed by atoms with E-state index < -0.39 is 11.7 Å². The molecule has 0 aliphatic carbocycles. The minimum absolute atomic E-state index is 0.138. The van der Waals surface area contributed by atoms with Crippen LogP contribution in [0.1, 0.15) is 16.8 Å². The summed E-state index contributed by atoms with van der Waals surface area (Å²) in [4.78, 5) is 22.4. The van der Waals surface area contributed by atoms with Crippen LogP contribution in [0.5, 0.6) is 0 Å². The van der Waals surface area contributed by atoms with Crippen molar-refractivity contribution in [2.24, 2.45) is 0 Å². The highest BCUT2D eigenvalue weighted by Crippen LogP contribution is 2.10. The summed E-state index contributed by atoms with van der Waals surface area (Å²) < 4.78 is 13.0. The molecule has 5 nitrogen and oxygen atoms in total. The molecule has 0 radical (unpaired) electrons. The zero-order valence-corrected chi connectivity index (χ0v) is 9.42. The van der Waals surface area contributed by atoms with Crippen LogP contribution in [0, 0.1) is 5.82 Å². The predicted octanol–water partition coefficient (Wildman–Crippen LogP) is 0.274. The monoisotopic (exact) mass is 239 g/mol. The number of hydrogen-bond donors (Lipinski definition) is 3. The number of halogens is 1. The molecule has 1 aromatic rings. The molecule has 17 heavy (non-hydrogen) atoms. The number of nitrogens with two attached hydrogens (primary N) is 1. The summed E-state index contributed by atoms with van der Waals surface area (Å²) in [6.45, 7) is 0.189. The van der Waals surface area contributed by atoms with E-state index in [9.17, 15) is 14.0 Å². The molecule has 4 N–H and O–H groups in total. The molecule has 0 heterocycles. The molecule has 1 rings (SSSR count). The van der Waals surface area contributed by atoms with Gasteiger partial charge in [-0.25, -0.2) is 4.39 Å². The number of anilines is 1. The van der Waals surface area contributed by atoms with Crippen LogP contribution in [0.25, 0.3) is 0 Å². The zero-order valence-electron chi connectivity index (χ0n) is 9.42. The summed E-state index contributed by atoms with van der Waals surface area (Å²) in [5.74, 6) is -1.20. The zero-order chi connectivity index (χ0) is 12.8. The number of hydrogen-bond acceptors (Lipinski definition) is 3. The number of carbonyl (C=O) groups excluding carboxylic acids is 2. The smallest absolute Gasteiger partial charge is 0.251 e. The van der Waals surface area contributed by atoms with Gasteiger partial charge in [0.15, 0.2) is 0 Å². The van der Waals surface area contributed by atoms with Crippen molar-refractivity contribution in [3.8, 4) is 0 Å². The van der Waals surface area contributed by atoms with Crippen LogP contribution in [-0.4, -0.2) is 25.4 Å². The molecule has 0 fully saturated rings. The molecule has 1 aromatic carbocycles. The van der Waals surface area contributed by atoms with Gasteiger partial charge in [-0.3, -0.25) is 9.59 Å². The molecular weight excluding hydrogens is 225 g/mol. The Morgan fingerprint density at radius 2 is 2.06 bits per heavy atom. The third-order valence-electron chi connectivity index (χ3n) is 2.10. The Bertz CT molecular complexity index is 414. The van der Waals surface area contributed by atoms with E-state index >= 15 is 0 Å². The lowest BCUT2D eigenvalue weighted by atomic mass is 10.2. The molecular formula is C11H14FN3O2. The van der Waals surface area contributed by atoms with Crippen molar-refractivity contribution < 1.29 is 14.0 Å². The number of amides is 2. The summed E-state index contributed by atoms with van der Waals surface area (Å²) in [6, 6.07) is 3.59. The van der Waals surface area contributed by atoms with Gasteiger partial charge in [-0.1, -0.05) is 0 Å². The van der Waals surface area contributed by atoms with Crippen LogP contribution < -0.4 is 16.4 Å². The first-order valence-electron chi connectivity index (χ1n) is 5.08. The van der Waals surface area contributed by atoms with Gasteiger partial charge in [-0.05, 0) is 18.2 Å². The highest BCUT2D eigenvalue weighted by molar-refractivity contribution is 5.95. The van der Waals surface area contributed by atoms with Crippen molar-refractivity contribution in [1.82, 2.24) is 10.6 Å². The topological polar surface area (TPSA) is 84.2 Å². The second-order valence-corrected chi connectivity index (χ2v) is 3.45. The molecule has 6 heteroatoms. The number of rotatable bonds is 4. The Balaban J connectivity index is 2.55. The Morgan fingerprint density at radius 3 is 2.65 bits per heavy atom. The minimum atomic E-state index is -0.568. The Kier molecular flexibility index (Phi) is 4.45. The van der Waals surface area contributed by atoms with Gasteiger partial charge < -0.3 is 16.4 Å². The van der Waals surface area contributed by atoms with Gasteiger partial charge in [0.05, 0.1) is 0 Å². The predicted molar refractivity (Wildman–Crippen MR) is 61.8 cm³/mol. The van der Waals surface area contributed by atoms with Crippen LogP contribution >= 0.6 is 0 Å². The van der Waals surface area contributed by atoms with Crippen LogP contribution in [0.4, 0.5) is 10.1 Å². The largest absolute Gasteiger partial charge is 0.399 e. The van der Waals surface area contributed by atoms with Crippen molar-refractivity contribution in [3.05, 3.63) is 29.6 Å². The van der Waals surface area contributed by atoms with Crippen LogP contribution in [0.2, 0.25) is 0 Å². The molecule has 0 atom stereocenters. The lowest BCUT2D eigenvalue weighted by Gasteiger charge is -2.05. The quantitative estimate of drug-likeness (QED) is 0.659. The van der Waals surface area contributed by atoms with Gasteiger partial charge in [0.1, 0.15) is 5.82 Å². The molecule has 92 valence electrons. The normalized spacial score (nSPS) is 9.76. The molecule has 0 bridgehead atoms. The van der Waals surface area contributed by atoms with E-state index in [1.807, 2.05) is 0 Å². The van der Waals surface area contributed by atoms with E-state index in [2.05, 4.69) is 10.6 Å². The molecule has 0 unspecified atom stereocenters. The van der Waals surface area contributed by atoms with Crippen molar-refractivity contribution in [2.75, 3.05) is 19.3 Å². The summed E-state index contributed by atoms with van der Waals surface area (Å²) in [5, 5.41) is 4.92. The fourth-order valence-electron chi connectivity index (χ4n) is 1.26. The van der Waals surface area contributed by atoms with Gasteiger partial charge in [0.25, 0.3) is 5.91 Å². The van der Waals surface area contributed by atoms with Crippen molar-refractivity contribution in [3.63, 3.8) is 0 Å². The summed E-state index contributed by atoms with van der Waals surface area (Å²) in [6.07, 6.45) is 0.174. The second-order valence-electron chi connectivity index (χ2n) is 3.45. The SMILES string of the molecule is CNC(=O)CCNC(=O)c1cc(N)cc(F)c1. The number of nitrogen functional groups attached to an aromatic ring is 1. The fourth-order valence-corrected chi connectivity index (χ4v) is 1.26. The van der Waals surface area contributed by atoms with Gasteiger partial charge in [-0.2, -0.15) is 0 Å². The van der Waals surface area contributed by atoms with E-state index in [4.69, 9.17) is 5.73 Å². The molecule has 0 saturated carbocycles. The molecule has 2 amide bonds. The fraction of sp³-hybridized carbons (Fsp3) is 0.273. The minimum Gasteiger partial charge on any atom is -0.399 e. The van der Waals surface area contributed by atoms with Gasteiger partial charge in [0.2, 0.25) is 5.91 Å². The van der Waals surface area contributed by atoms with Crippen molar-refractivity contribution in [2.45, 2.75) is 6.42 Å². The third kappa shape index (κ3) is 4.10. The van der Waals surface area contributed by atoms with Crippen LogP contribution in [0.15, 0.2) is 18.2 Å². The molecule has 0 saturated heterocycles. The standard InChI is InChI=1S/C11H14FN3O2/c1-14-10(16)2-3-15-11(17)7-4-8(12)6-9(13)5-7/h4-6H,2-3,13H2,1H3,(H,14,16)(H,15,17). The first-order valence-corrected chi connectivity index (χ1v) is 5.08. The van der Waals surface area contributed by atoms with E-state index in [0.717, 1.165) is 12.1 Å². The van der Waals surface area contributed by atoms with E-state index in [0.29, 0.717) is 0 Å². The van der Waals surface area contributed by atoms with Crippen molar-refractivity contribution >= 4 is 17.5 Å². The third-order valence-corrected chi connectivity index (χ3v) is 2.10. The lowest BCUT2D eigenvalue weighted by molar-refractivity contribution is -0.120. The molecule has 0 aliphatic rings. The van der Waals surface area contributed by atoms with Gasteiger partial charge in [0, 0.05) is 31.3 Å². The second kappa shape index (κ2) is 5.83. The molecule has 0 aromatic heterocycles. The average Bonchev–Trinajstić information content (AvgIpc) is 2.27. The lowest BCUT2D eigenvalue weighted by Crippen LogP contribution is -2.29. The molecule has 0 spiro atoms. The first kappa shape index (κ1) is 13.0. The first-order chi connectivity index (χ1) is 8.02. The van der Waals surface area contributed by atoms with E-state index in [-0.39, 0.29) is 30.1 Å². The van der Waals surface area contributed by atoms with Crippen LogP contribution in [0.3, 0.4) is 0 Å². The summed E-state index contributed by atoms with van der Waals surface area (Å²) in [7, 11) is 1.51. The van der Waals surface area contributed by atoms with E-state index in [1.54, 1.807) is 0 Å². The Hall–Kier alpha value is -2.11. The highest BCUT2D eigenvalue weighted by atomic mass is 19.1. The maximum Gasteiger partial charge on any atom is 0.251 e. The number of carbonyl (C=O) groups is 2. The average molecular weight is 239 g/mol. The highest BCUT2D eigenvalue weighted by Gasteiger charge is 2.08. The number of nitrogens with one attached hydrogen (secondary N) is 2. The van der Waals surface area contributed by atoms with Gasteiger partial charge >= 0.3 is 0 Å². The maximum atomic E-state index is 13.0. The van der Waals surface area contributed by atoms with Crippen LogP contribution in [-0.2, 0) is 4.79 Å². The number of benzene rings is 1. The summed E-state index contributed by atoms with van der Waals surface area (Å²) in [5.41, 5.74) is 5.73. The van der Waals surface area contributed by atoms with Crippen molar-refractivity contribution in [1.29, 1.82) is 0 Å². The molecule has 0 aliphatic heterocycles. The van der Waals surface area contributed by atoms with Gasteiger partial charge in [-0.15, -0.1) is 0 Å². The Morgan fingerprint density at radius 1 is 1.35 bits per heavy atom. The Labute approximate surface area is 98.2 Å². The maximum absolute atomic E-state index is 13.0. The summed E-state index contributed by atoms with van der Waals surface area (Å²) >= 11 is 0. The van der Waals surface area contributed by atoms with E-state index in [1.165, 1.54) is 13.1 Å².